The van der Waals surface area contributed by atoms with Gasteiger partial charge in [0.05, 0.1) is 5.56 Å². The van der Waals surface area contributed by atoms with Crippen LogP contribution in [0.5, 0.6) is 0 Å². The minimum atomic E-state index is -0.0842. The van der Waals surface area contributed by atoms with Crippen molar-refractivity contribution in [3.05, 3.63) is 58.6 Å². The lowest BCUT2D eigenvalue weighted by molar-refractivity contribution is 0.0994. The van der Waals surface area contributed by atoms with Gasteiger partial charge < -0.3 is 10.2 Å². The Balaban J connectivity index is 2.37. The molecule has 0 aliphatic rings. The summed E-state index contributed by atoms with van der Waals surface area (Å²) in [5.74, 6) is -0.0842. The molecule has 1 N–H and O–H groups in total. The van der Waals surface area contributed by atoms with Crippen molar-refractivity contribution in [2.75, 3.05) is 23.8 Å². The number of benzene rings is 2. The molecule has 0 saturated carbocycles. The van der Waals surface area contributed by atoms with Crippen LogP contribution in [0.4, 0.5) is 11.4 Å². The van der Waals surface area contributed by atoms with Crippen LogP contribution in [0, 0.1) is 6.92 Å². The minimum Gasteiger partial charge on any atom is -0.385 e. The Kier molecular flexibility index (Phi) is 4.86. The number of nitrogens with one attached hydrogen (secondary N) is 1. The van der Waals surface area contributed by atoms with Gasteiger partial charge in [0.15, 0.2) is 0 Å². The molecular weight excluding hydrogens is 284 g/mol. The van der Waals surface area contributed by atoms with E-state index >= 15 is 0 Å². The van der Waals surface area contributed by atoms with E-state index in [2.05, 4.69) is 5.32 Å². The average Bonchev–Trinajstić information content (AvgIpc) is 2.48. The molecule has 0 radical (unpaired) electrons. The highest BCUT2D eigenvalue weighted by molar-refractivity contribution is 6.31. The summed E-state index contributed by atoms with van der Waals surface area (Å²) in [5.41, 5.74) is 3.35. The van der Waals surface area contributed by atoms with E-state index in [0.29, 0.717) is 10.6 Å². The normalized spacial score (nSPS) is 10.3. The summed E-state index contributed by atoms with van der Waals surface area (Å²) in [7, 11) is 1.77. The maximum Gasteiger partial charge on any atom is 0.260 e. The molecule has 0 aromatic heterocycles. The highest BCUT2D eigenvalue weighted by Crippen LogP contribution is 2.24. The van der Waals surface area contributed by atoms with E-state index in [1.165, 1.54) is 0 Å². The summed E-state index contributed by atoms with van der Waals surface area (Å²) < 4.78 is 0. The van der Waals surface area contributed by atoms with E-state index < -0.39 is 0 Å². The van der Waals surface area contributed by atoms with Gasteiger partial charge in [-0.05, 0) is 49.7 Å². The van der Waals surface area contributed by atoms with Gasteiger partial charge in [-0.2, -0.15) is 0 Å². The smallest absolute Gasteiger partial charge is 0.260 e. The van der Waals surface area contributed by atoms with Crippen LogP contribution in [-0.4, -0.2) is 19.5 Å². The number of carbonyl (C=O) groups excluding carboxylic acids is 1. The summed E-state index contributed by atoms with van der Waals surface area (Å²) in [5, 5.41) is 3.75. The molecule has 110 valence electrons. The van der Waals surface area contributed by atoms with Crippen molar-refractivity contribution in [3.8, 4) is 0 Å². The summed E-state index contributed by atoms with van der Waals surface area (Å²) in [6.07, 6.45) is 0. The summed E-state index contributed by atoms with van der Waals surface area (Å²) >= 11 is 6.04. The number of rotatable bonds is 4. The number of anilines is 2. The number of amides is 1. The molecule has 21 heavy (non-hydrogen) atoms. The molecule has 0 bridgehead atoms. The first-order valence-electron chi connectivity index (χ1n) is 6.91. The van der Waals surface area contributed by atoms with E-state index in [9.17, 15) is 4.79 Å². The molecule has 3 nitrogen and oxygen atoms in total. The van der Waals surface area contributed by atoms with Gasteiger partial charge in [-0.1, -0.05) is 23.7 Å². The van der Waals surface area contributed by atoms with Crippen LogP contribution in [0.3, 0.4) is 0 Å². The van der Waals surface area contributed by atoms with E-state index in [4.69, 9.17) is 11.6 Å². The zero-order chi connectivity index (χ0) is 15.4. The molecule has 0 heterocycles. The molecule has 0 spiro atoms. The zero-order valence-electron chi connectivity index (χ0n) is 12.5. The van der Waals surface area contributed by atoms with Crippen molar-refractivity contribution in [1.82, 2.24) is 0 Å². The van der Waals surface area contributed by atoms with Crippen molar-refractivity contribution >= 4 is 28.9 Å². The Bertz CT molecular complexity index is 655. The number of halogens is 1. The zero-order valence-corrected chi connectivity index (χ0v) is 13.2. The Labute approximate surface area is 130 Å². The van der Waals surface area contributed by atoms with Gasteiger partial charge in [0, 0.05) is 30.0 Å². The van der Waals surface area contributed by atoms with Crippen molar-refractivity contribution < 1.29 is 4.79 Å². The highest BCUT2D eigenvalue weighted by Gasteiger charge is 2.17. The SMILES string of the molecule is CCNc1ccc(Cl)cc1C(=O)N(C)c1cccc(C)c1. The van der Waals surface area contributed by atoms with Crippen LogP contribution in [0.1, 0.15) is 22.8 Å². The second kappa shape index (κ2) is 6.64. The monoisotopic (exact) mass is 302 g/mol. The third kappa shape index (κ3) is 3.56. The number of carbonyl (C=O) groups is 1. The van der Waals surface area contributed by atoms with Crippen molar-refractivity contribution in [3.63, 3.8) is 0 Å². The average molecular weight is 303 g/mol. The third-order valence-corrected chi connectivity index (χ3v) is 3.51. The largest absolute Gasteiger partial charge is 0.385 e. The maximum atomic E-state index is 12.7. The molecule has 0 fully saturated rings. The van der Waals surface area contributed by atoms with E-state index in [1.807, 2.05) is 44.2 Å². The molecule has 1 amide bonds. The number of hydrogen-bond acceptors (Lipinski definition) is 2. The second-order valence-corrected chi connectivity index (χ2v) is 5.36. The van der Waals surface area contributed by atoms with Gasteiger partial charge in [0.25, 0.3) is 5.91 Å². The summed E-state index contributed by atoms with van der Waals surface area (Å²) in [6.45, 7) is 4.74. The number of aryl methyl sites for hydroxylation is 1. The van der Waals surface area contributed by atoms with Crippen molar-refractivity contribution in [2.45, 2.75) is 13.8 Å². The quantitative estimate of drug-likeness (QED) is 0.910. The molecule has 2 aromatic carbocycles. The Hall–Kier alpha value is -2.00. The minimum absolute atomic E-state index is 0.0842. The molecular formula is C17H19ClN2O. The van der Waals surface area contributed by atoms with Crippen LogP contribution in [0.25, 0.3) is 0 Å². The molecule has 0 aliphatic carbocycles. The van der Waals surface area contributed by atoms with Gasteiger partial charge in [0.2, 0.25) is 0 Å². The first-order chi connectivity index (χ1) is 10.0. The molecule has 0 saturated heterocycles. The fraction of sp³-hybridized carbons (Fsp3) is 0.235. The molecule has 2 aromatic rings. The van der Waals surface area contributed by atoms with Crippen molar-refractivity contribution in [2.24, 2.45) is 0 Å². The molecule has 2 rings (SSSR count). The first-order valence-corrected chi connectivity index (χ1v) is 7.29. The Morgan fingerprint density at radius 1 is 1.24 bits per heavy atom. The summed E-state index contributed by atoms with van der Waals surface area (Å²) in [4.78, 5) is 14.4. The van der Waals surface area contributed by atoms with Gasteiger partial charge in [-0.25, -0.2) is 0 Å². The molecule has 0 atom stereocenters. The predicted molar refractivity (Wildman–Crippen MR) is 89.5 cm³/mol. The lowest BCUT2D eigenvalue weighted by Crippen LogP contribution is -2.27. The van der Waals surface area contributed by atoms with Crippen LogP contribution in [0.15, 0.2) is 42.5 Å². The highest BCUT2D eigenvalue weighted by atomic mass is 35.5. The maximum absolute atomic E-state index is 12.7. The second-order valence-electron chi connectivity index (χ2n) is 4.92. The lowest BCUT2D eigenvalue weighted by Gasteiger charge is -2.20. The van der Waals surface area contributed by atoms with Crippen LogP contribution in [0.2, 0.25) is 5.02 Å². The standard InChI is InChI=1S/C17H19ClN2O/c1-4-19-16-9-8-13(18)11-15(16)17(21)20(3)14-7-5-6-12(2)10-14/h5-11,19H,4H2,1-3H3. The molecule has 0 aliphatic heterocycles. The number of nitrogens with zero attached hydrogens (tertiary/aromatic N) is 1. The topological polar surface area (TPSA) is 32.3 Å². The third-order valence-electron chi connectivity index (χ3n) is 3.27. The molecule has 4 heteroatoms. The van der Waals surface area contributed by atoms with Crippen LogP contribution < -0.4 is 10.2 Å². The summed E-state index contributed by atoms with van der Waals surface area (Å²) in [6, 6.07) is 13.2. The predicted octanol–water partition coefficient (Wildman–Crippen LogP) is 4.36. The van der Waals surface area contributed by atoms with Gasteiger partial charge in [-0.3, -0.25) is 4.79 Å². The first kappa shape index (κ1) is 15.4. The van der Waals surface area contributed by atoms with Crippen molar-refractivity contribution in [1.29, 1.82) is 0 Å². The van der Waals surface area contributed by atoms with E-state index in [0.717, 1.165) is 23.5 Å². The van der Waals surface area contributed by atoms with E-state index in [1.54, 1.807) is 24.1 Å². The fourth-order valence-electron chi connectivity index (χ4n) is 2.17. The Morgan fingerprint density at radius 2 is 2.00 bits per heavy atom. The Morgan fingerprint density at radius 3 is 2.67 bits per heavy atom. The van der Waals surface area contributed by atoms with Gasteiger partial charge in [0.1, 0.15) is 0 Å². The molecule has 0 unspecified atom stereocenters. The fourth-order valence-corrected chi connectivity index (χ4v) is 2.34. The lowest BCUT2D eigenvalue weighted by atomic mass is 10.1. The van der Waals surface area contributed by atoms with Gasteiger partial charge >= 0.3 is 0 Å². The van der Waals surface area contributed by atoms with Crippen LogP contribution >= 0.6 is 11.6 Å². The van der Waals surface area contributed by atoms with E-state index in [-0.39, 0.29) is 5.91 Å². The number of hydrogen-bond donors (Lipinski definition) is 1. The van der Waals surface area contributed by atoms with Gasteiger partial charge in [-0.15, -0.1) is 0 Å². The van der Waals surface area contributed by atoms with Crippen LogP contribution in [-0.2, 0) is 0 Å².